The Kier molecular flexibility index (Phi) is 7.04. The zero-order chi connectivity index (χ0) is 26.9. The largest absolute Gasteiger partial charge is 0.473 e. The fourth-order valence-electron chi connectivity index (χ4n) is 4.38. The summed E-state index contributed by atoms with van der Waals surface area (Å²) < 4.78 is 38.8. The van der Waals surface area contributed by atoms with E-state index in [1.54, 1.807) is 10.7 Å². The topological polar surface area (TPSA) is 116 Å². The Morgan fingerprint density at radius 1 is 1.03 bits per heavy atom. The van der Waals surface area contributed by atoms with Gasteiger partial charge in [-0.3, -0.25) is 4.79 Å². The summed E-state index contributed by atoms with van der Waals surface area (Å²) in [5.74, 6) is -0.457. The number of para-hydroxylation sites is 1. The minimum absolute atomic E-state index is 0.0524. The second-order valence-corrected chi connectivity index (χ2v) is 11.1. The number of hydrogen-bond donors (Lipinski definition) is 1. The van der Waals surface area contributed by atoms with Crippen LogP contribution in [0.25, 0.3) is 27.8 Å². The average molecular weight is 536 g/mol. The van der Waals surface area contributed by atoms with Crippen molar-refractivity contribution in [2.75, 3.05) is 37.5 Å². The molecule has 1 aliphatic rings. The van der Waals surface area contributed by atoms with Gasteiger partial charge in [0.2, 0.25) is 15.9 Å². The number of fused-ring (bicyclic) bond motifs is 1. The van der Waals surface area contributed by atoms with E-state index in [1.165, 1.54) is 0 Å². The zero-order valence-corrected chi connectivity index (χ0v) is 22.2. The summed E-state index contributed by atoms with van der Waals surface area (Å²) in [5.41, 5.74) is 3.57. The van der Waals surface area contributed by atoms with Crippen LogP contribution in [0.2, 0.25) is 0 Å². The number of benzene rings is 2. The summed E-state index contributed by atoms with van der Waals surface area (Å²) in [7, 11) is -3.80. The van der Waals surface area contributed by atoms with Gasteiger partial charge in [0.25, 0.3) is 5.91 Å². The van der Waals surface area contributed by atoms with Gasteiger partial charge in [-0.25, -0.2) is 22.8 Å². The summed E-state index contributed by atoms with van der Waals surface area (Å²) in [6.45, 7) is 6.80. The Balaban J connectivity index is 1.72. The third-order valence-corrected chi connectivity index (χ3v) is 6.58. The first-order valence-corrected chi connectivity index (χ1v) is 14.2. The number of carbonyl (C=O) groups excluding carboxylic acids is 1. The Bertz CT molecular complexity index is 1560. The molecule has 198 valence electrons. The van der Waals surface area contributed by atoms with Crippen LogP contribution >= 0.6 is 0 Å². The molecule has 0 atom stereocenters. The lowest BCUT2D eigenvalue weighted by atomic mass is 10.0. The molecular formula is C27H29N5O5S. The smallest absolute Gasteiger partial charge is 0.283 e. The summed E-state index contributed by atoms with van der Waals surface area (Å²) in [6.07, 6.45) is 0.763. The van der Waals surface area contributed by atoms with Crippen LogP contribution in [0.1, 0.15) is 24.3 Å². The summed E-state index contributed by atoms with van der Waals surface area (Å²) >= 11 is 0. The van der Waals surface area contributed by atoms with Gasteiger partial charge < -0.3 is 14.4 Å². The van der Waals surface area contributed by atoms with Crippen molar-refractivity contribution in [1.29, 1.82) is 0 Å². The van der Waals surface area contributed by atoms with Crippen molar-refractivity contribution in [2.45, 2.75) is 20.0 Å². The molecule has 5 rings (SSSR count). The molecule has 0 saturated carbocycles. The first-order chi connectivity index (χ1) is 18.2. The van der Waals surface area contributed by atoms with Crippen LogP contribution in [0.4, 0.5) is 5.69 Å². The van der Waals surface area contributed by atoms with Gasteiger partial charge in [0.05, 0.1) is 36.6 Å². The molecule has 0 unspecified atom stereocenters. The Morgan fingerprint density at radius 2 is 1.71 bits per heavy atom. The van der Waals surface area contributed by atoms with E-state index in [0.29, 0.717) is 35.7 Å². The van der Waals surface area contributed by atoms with Crippen molar-refractivity contribution in [3.63, 3.8) is 0 Å². The highest BCUT2D eigenvalue weighted by Crippen LogP contribution is 2.37. The number of nitrogens with one attached hydrogen (secondary N) is 1. The van der Waals surface area contributed by atoms with Crippen LogP contribution in [0.15, 0.2) is 60.7 Å². The van der Waals surface area contributed by atoms with Crippen LogP contribution < -0.4 is 14.4 Å². The molecule has 1 N–H and O–H groups in total. The molecular weight excluding hydrogens is 506 g/mol. The fourth-order valence-corrected chi connectivity index (χ4v) is 4.82. The highest BCUT2D eigenvalue weighted by atomic mass is 32.2. The van der Waals surface area contributed by atoms with Crippen molar-refractivity contribution in [2.24, 2.45) is 0 Å². The van der Waals surface area contributed by atoms with E-state index >= 15 is 0 Å². The second-order valence-electron chi connectivity index (χ2n) is 9.32. The number of aromatic nitrogens is 3. The maximum Gasteiger partial charge on any atom is 0.283 e. The molecule has 0 bridgehead atoms. The zero-order valence-electron chi connectivity index (χ0n) is 21.4. The molecule has 1 aliphatic heterocycles. The quantitative estimate of drug-likeness (QED) is 0.383. The fraction of sp³-hybridized carbons (Fsp3) is 0.296. The van der Waals surface area contributed by atoms with E-state index < -0.39 is 15.9 Å². The number of hydrogen-bond acceptors (Lipinski definition) is 8. The lowest BCUT2D eigenvalue weighted by molar-refractivity contribution is 0.0977. The molecule has 0 spiro atoms. The van der Waals surface area contributed by atoms with Gasteiger partial charge in [0, 0.05) is 24.3 Å². The minimum atomic E-state index is -3.80. The molecule has 10 nitrogen and oxygen atoms in total. The molecule has 3 heterocycles. The molecule has 1 saturated heterocycles. The predicted molar refractivity (Wildman–Crippen MR) is 145 cm³/mol. The van der Waals surface area contributed by atoms with Crippen molar-refractivity contribution >= 4 is 32.7 Å². The van der Waals surface area contributed by atoms with E-state index in [9.17, 15) is 13.2 Å². The number of sulfonamides is 1. The van der Waals surface area contributed by atoms with E-state index in [4.69, 9.17) is 14.6 Å². The Morgan fingerprint density at radius 3 is 2.34 bits per heavy atom. The van der Waals surface area contributed by atoms with Gasteiger partial charge in [-0.15, -0.1) is 5.10 Å². The summed E-state index contributed by atoms with van der Waals surface area (Å²) in [5, 5.41) is 5.33. The lowest BCUT2D eigenvalue weighted by Crippen LogP contribution is -2.36. The molecule has 0 aliphatic carbocycles. The van der Waals surface area contributed by atoms with Gasteiger partial charge in [0.15, 0.2) is 5.65 Å². The van der Waals surface area contributed by atoms with Crippen molar-refractivity contribution in [3.8, 4) is 22.7 Å². The van der Waals surface area contributed by atoms with Gasteiger partial charge in [-0.05, 0) is 49.7 Å². The van der Waals surface area contributed by atoms with Crippen LogP contribution in [0.5, 0.6) is 5.88 Å². The van der Waals surface area contributed by atoms with Crippen LogP contribution in [-0.2, 0) is 14.8 Å². The van der Waals surface area contributed by atoms with Crippen molar-refractivity contribution in [1.82, 2.24) is 19.5 Å². The number of carbonyl (C=O) groups is 1. The number of morpholine rings is 1. The van der Waals surface area contributed by atoms with Gasteiger partial charge in [-0.2, -0.15) is 0 Å². The first kappa shape index (κ1) is 25.7. The molecule has 2 aromatic carbocycles. The maximum absolute atomic E-state index is 12.9. The van der Waals surface area contributed by atoms with E-state index in [0.717, 1.165) is 36.3 Å². The Labute approximate surface area is 221 Å². The average Bonchev–Trinajstić information content (AvgIpc) is 3.26. The summed E-state index contributed by atoms with van der Waals surface area (Å²) in [6, 6.07) is 18.9. The normalized spacial score (nSPS) is 14.2. The molecule has 1 fully saturated rings. The molecule has 0 radical (unpaired) electrons. The number of amides is 1. The second kappa shape index (κ2) is 10.4. The van der Waals surface area contributed by atoms with E-state index in [1.807, 2.05) is 73.2 Å². The highest BCUT2D eigenvalue weighted by Gasteiger charge is 2.24. The van der Waals surface area contributed by atoms with E-state index in [2.05, 4.69) is 9.88 Å². The van der Waals surface area contributed by atoms with Gasteiger partial charge >= 0.3 is 0 Å². The number of pyridine rings is 1. The minimum Gasteiger partial charge on any atom is -0.473 e. The standard InChI is InChI=1S/C27H29N5O5S/c1-18(2)37-27-24-22(19-9-11-20(12-10-19)31-13-15-36-16-14-31)17-23(26(33)30-38(3,34)35)28-25(24)32(29-27)21-7-5-4-6-8-21/h4-12,17-18H,13-16H2,1-3H3,(H,30,33). The SMILES string of the molecule is CC(C)Oc1nn(-c2ccccc2)c2nc(C(=O)NS(C)(=O)=O)cc(-c3ccc(N4CCOCC4)cc3)c12. The summed E-state index contributed by atoms with van der Waals surface area (Å²) in [4.78, 5) is 19.8. The van der Waals surface area contributed by atoms with Crippen LogP contribution in [0.3, 0.4) is 0 Å². The van der Waals surface area contributed by atoms with Gasteiger partial charge in [0.1, 0.15) is 5.69 Å². The number of anilines is 1. The number of nitrogens with zero attached hydrogens (tertiary/aromatic N) is 4. The third kappa shape index (κ3) is 5.48. The molecule has 2 aromatic heterocycles. The Hall–Kier alpha value is -3.96. The first-order valence-electron chi connectivity index (χ1n) is 12.3. The highest BCUT2D eigenvalue weighted by molar-refractivity contribution is 7.89. The van der Waals surface area contributed by atoms with Gasteiger partial charge in [-0.1, -0.05) is 30.3 Å². The lowest BCUT2D eigenvalue weighted by Gasteiger charge is -2.29. The van der Waals surface area contributed by atoms with Crippen LogP contribution in [0, 0.1) is 0 Å². The molecule has 1 amide bonds. The molecule has 4 aromatic rings. The van der Waals surface area contributed by atoms with Crippen molar-refractivity contribution < 1.29 is 22.7 Å². The molecule has 11 heteroatoms. The molecule has 38 heavy (non-hydrogen) atoms. The van der Waals surface area contributed by atoms with Crippen molar-refractivity contribution in [3.05, 3.63) is 66.4 Å². The maximum atomic E-state index is 12.9. The van der Waals surface area contributed by atoms with Crippen LogP contribution in [-0.4, -0.2) is 67.8 Å². The monoisotopic (exact) mass is 535 g/mol. The number of ether oxygens (including phenoxy) is 2. The predicted octanol–water partition coefficient (Wildman–Crippen LogP) is 3.40. The number of rotatable bonds is 7. The third-order valence-electron chi connectivity index (χ3n) is 6.02. The van der Waals surface area contributed by atoms with E-state index in [-0.39, 0.29) is 11.8 Å².